The largest absolute Gasteiger partial charge is 0.370 e. The van der Waals surface area contributed by atoms with Crippen molar-refractivity contribution in [2.45, 2.75) is 25.4 Å². The van der Waals surface area contributed by atoms with Crippen molar-refractivity contribution >= 4 is 21.6 Å². The van der Waals surface area contributed by atoms with Gasteiger partial charge >= 0.3 is 0 Å². The Morgan fingerprint density at radius 3 is 2.89 bits per heavy atom. The molecule has 1 saturated heterocycles. The number of benzene rings is 1. The average Bonchev–Trinajstić information content (AvgIpc) is 2.51. The molecule has 1 fully saturated rings. The van der Waals surface area contributed by atoms with Crippen molar-refractivity contribution in [3.05, 3.63) is 28.7 Å². The fraction of sp³-hybridized carbons (Fsp3) is 0.571. The van der Waals surface area contributed by atoms with Crippen LogP contribution in [0.4, 0.5) is 5.69 Å². The van der Waals surface area contributed by atoms with Crippen LogP contribution < -0.4 is 10.6 Å². The fourth-order valence-electron chi connectivity index (χ4n) is 2.53. The number of rotatable bonds is 2. The number of anilines is 1. The maximum absolute atomic E-state index is 5.92. The molecule has 1 aromatic carbocycles. The van der Waals surface area contributed by atoms with Gasteiger partial charge in [0.25, 0.3) is 0 Å². The van der Waals surface area contributed by atoms with Gasteiger partial charge in [0.1, 0.15) is 0 Å². The lowest BCUT2D eigenvalue weighted by atomic mass is 10.2. The van der Waals surface area contributed by atoms with Crippen molar-refractivity contribution < 1.29 is 0 Å². The van der Waals surface area contributed by atoms with E-state index in [1.54, 1.807) is 0 Å². The maximum atomic E-state index is 5.92. The van der Waals surface area contributed by atoms with Crippen LogP contribution in [0.1, 0.15) is 13.3 Å². The summed E-state index contributed by atoms with van der Waals surface area (Å²) in [5.74, 6) is 0. The van der Waals surface area contributed by atoms with E-state index in [4.69, 9.17) is 5.73 Å². The van der Waals surface area contributed by atoms with E-state index in [1.165, 1.54) is 12.1 Å². The third-order valence-corrected chi connectivity index (χ3v) is 4.46. The number of nitrogens with zero attached hydrogens (tertiary/aromatic N) is 2. The van der Waals surface area contributed by atoms with Gasteiger partial charge in [-0.05, 0) is 38.6 Å². The van der Waals surface area contributed by atoms with Crippen molar-refractivity contribution in [1.82, 2.24) is 4.90 Å². The Morgan fingerprint density at radius 1 is 1.44 bits per heavy atom. The van der Waals surface area contributed by atoms with Crippen molar-refractivity contribution in [2.24, 2.45) is 5.73 Å². The van der Waals surface area contributed by atoms with Crippen LogP contribution in [0.15, 0.2) is 28.7 Å². The van der Waals surface area contributed by atoms with Crippen molar-refractivity contribution in [3.8, 4) is 0 Å². The van der Waals surface area contributed by atoms with Gasteiger partial charge in [-0.3, -0.25) is 4.90 Å². The summed E-state index contributed by atoms with van der Waals surface area (Å²) in [6.45, 7) is 5.10. The van der Waals surface area contributed by atoms with Gasteiger partial charge in [0.2, 0.25) is 0 Å². The lowest BCUT2D eigenvalue weighted by molar-refractivity contribution is 0.201. The molecule has 0 aliphatic carbocycles. The first-order chi connectivity index (χ1) is 8.61. The van der Waals surface area contributed by atoms with Crippen molar-refractivity contribution in [2.75, 3.05) is 31.6 Å². The van der Waals surface area contributed by atoms with Gasteiger partial charge in [-0.1, -0.05) is 22.0 Å². The van der Waals surface area contributed by atoms with E-state index in [-0.39, 0.29) is 0 Å². The highest BCUT2D eigenvalue weighted by atomic mass is 79.9. The number of halogens is 1. The highest BCUT2D eigenvalue weighted by Gasteiger charge is 2.25. The van der Waals surface area contributed by atoms with E-state index >= 15 is 0 Å². The van der Waals surface area contributed by atoms with E-state index in [0.717, 1.165) is 17.6 Å². The molecule has 0 amide bonds. The molecule has 3 nitrogen and oxygen atoms in total. The third kappa shape index (κ3) is 3.05. The summed E-state index contributed by atoms with van der Waals surface area (Å²) in [6, 6.07) is 9.54. The second kappa shape index (κ2) is 6.04. The van der Waals surface area contributed by atoms with Crippen LogP contribution in [0.5, 0.6) is 0 Å². The Labute approximate surface area is 118 Å². The molecular formula is C14H22BrN3. The molecule has 1 aliphatic rings. The Kier molecular flexibility index (Phi) is 4.65. The monoisotopic (exact) mass is 311 g/mol. The first-order valence-corrected chi connectivity index (χ1v) is 7.33. The molecule has 0 spiro atoms. The summed E-state index contributed by atoms with van der Waals surface area (Å²) < 4.78 is 1.13. The quantitative estimate of drug-likeness (QED) is 0.909. The molecule has 0 bridgehead atoms. The molecule has 100 valence electrons. The lowest BCUT2D eigenvalue weighted by Crippen LogP contribution is -2.46. The Bertz CT molecular complexity index is 396. The van der Waals surface area contributed by atoms with E-state index in [1.807, 2.05) is 0 Å². The van der Waals surface area contributed by atoms with Gasteiger partial charge in [0.15, 0.2) is 0 Å². The molecule has 0 aromatic heterocycles. The molecule has 4 heteroatoms. The molecule has 1 heterocycles. The van der Waals surface area contributed by atoms with Crippen LogP contribution in [0, 0.1) is 0 Å². The van der Waals surface area contributed by atoms with Gasteiger partial charge in [-0.25, -0.2) is 0 Å². The molecule has 0 saturated carbocycles. The number of nitrogens with two attached hydrogens (primary N) is 1. The molecule has 18 heavy (non-hydrogen) atoms. The van der Waals surface area contributed by atoms with Gasteiger partial charge in [0, 0.05) is 41.9 Å². The van der Waals surface area contributed by atoms with Crippen LogP contribution in [0.25, 0.3) is 0 Å². The number of hydrogen-bond donors (Lipinski definition) is 1. The topological polar surface area (TPSA) is 32.5 Å². The van der Waals surface area contributed by atoms with E-state index < -0.39 is 0 Å². The summed E-state index contributed by atoms with van der Waals surface area (Å²) in [5, 5.41) is 0. The van der Waals surface area contributed by atoms with Gasteiger partial charge in [0.05, 0.1) is 0 Å². The van der Waals surface area contributed by atoms with Crippen molar-refractivity contribution in [1.29, 1.82) is 0 Å². The van der Waals surface area contributed by atoms with Crippen LogP contribution in [-0.2, 0) is 0 Å². The van der Waals surface area contributed by atoms with E-state index in [0.29, 0.717) is 18.6 Å². The number of likely N-dealkylation sites (N-methyl/N-ethyl adjacent to an activating group) is 1. The summed E-state index contributed by atoms with van der Waals surface area (Å²) in [5.41, 5.74) is 7.20. The third-order valence-electron chi connectivity index (χ3n) is 3.96. The minimum absolute atomic E-state index is 0.432. The van der Waals surface area contributed by atoms with Gasteiger partial charge < -0.3 is 10.6 Å². The maximum Gasteiger partial charge on any atom is 0.0393 e. The SMILES string of the molecule is CC1CCN(c2cccc(Br)c2)CC(CN)N1C. The molecule has 0 radical (unpaired) electrons. The van der Waals surface area contributed by atoms with Crippen LogP contribution in [0.2, 0.25) is 0 Å². The zero-order valence-electron chi connectivity index (χ0n) is 11.1. The van der Waals surface area contributed by atoms with Crippen LogP contribution >= 0.6 is 15.9 Å². The lowest BCUT2D eigenvalue weighted by Gasteiger charge is -2.31. The average molecular weight is 312 g/mol. The second-order valence-corrected chi connectivity index (χ2v) is 6.03. The highest BCUT2D eigenvalue weighted by molar-refractivity contribution is 9.10. The highest BCUT2D eigenvalue weighted by Crippen LogP contribution is 2.23. The van der Waals surface area contributed by atoms with Gasteiger partial charge in [-0.15, -0.1) is 0 Å². The van der Waals surface area contributed by atoms with Crippen LogP contribution in [-0.4, -0.2) is 43.7 Å². The summed E-state index contributed by atoms with van der Waals surface area (Å²) in [4.78, 5) is 4.86. The Balaban J connectivity index is 2.19. The zero-order chi connectivity index (χ0) is 13.1. The standard InChI is InChI=1S/C14H22BrN3/c1-11-6-7-18(10-14(9-16)17(11)2)13-5-3-4-12(15)8-13/h3-5,8,11,14H,6-7,9-10,16H2,1-2H3. The smallest absolute Gasteiger partial charge is 0.0393 e. The minimum atomic E-state index is 0.432. The molecule has 2 unspecified atom stereocenters. The Morgan fingerprint density at radius 2 is 2.22 bits per heavy atom. The molecule has 2 rings (SSSR count). The van der Waals surface area contributed by atoms with E-state index in [2.05, 4.69) is 64.0 Å². The normalized spacial score (nSPS) is 26.1. The minimum Gasteiger partial charge on any atom is -0.370 e. The summed E-state index contributed by atoms with van der Waals surface area (Å²) in [7, 11) is 2.19. The molecule has 2 atom stereocenters. The fourth-order valence-corrected chi connectivity index (χ4v) is 2.92. The summed E-state index contributed by atoms with van der Waals surface area (Å²) >= 11 is 3.54. The molecule has 1 aromatic rings. The molecule has 2 N–H and O–H groups in total. The first kappa shape index (κ1) is 13.8. The number of hydrogen-bond acceptors (Lipinski definition) is 3. The first-order valence-electron chi connectivity index (χ1n) is 6.54. The molecule has 1 aliphatic heterocycles. The van der Waals surface area contributed by atoms with Gasteiger partial charge in [-0.2, -0.15) is 0 Å². The van der Waals surface area contributed by atoms with Crippen LogP contribution in [0.3, 0.4) is 0 Å². The van der Waals surface area contributed by atoms with Crippen molar-refractivity contribution in [3.63, 3.8) is 0 Å². The Hall–Kier alpha value is -0.580. The summed E-state index contributed by atoms with van der Waals surface area (Å²) in [6.07, 6.45) is 1.18. The predicted octanol–water partition coefficient (Wildman–Crippen LogP) is 2.31. The molecular weight excluding hydrogens is 290 g/mol. The predicted molar refractivity (Wildman–Crippen MR) is 81.0 cm³/mol. The van der Waals surface area contributed by atoms with E-state index in [9.17, 15) is 0 Å². The second-order valence-electron chi connectivity index (χ2n) is 5.12. The zero-order valence-corrected chi connectivity index (χ0v) is 12.7.